The second-order valence-corrected chi connectivity index (χ2v) is 5.06. The van der Waals surface area contributed by atoms with Crippen molar-refractivity contribution in [1.29, 1.82) is 0 Å². The molecule has 0 aliphatic carbocycles. The normalized spacial score (nSPS) is 25.4. The molecular formula is C11H16N2OS. The monoisotopic (exact) mass is 224 g/mol. The molecule has 1 saturated heterocycles. The van der Waals surface area contributed by atoms with E-state index in [-0.39, 0.29) is 5.54 Å². The van der Waals surface area contributed by atoms with Crippen molar-refractivity contribution in [2.24, 2.45) is 5.73 Å². The highest BCUT2D eigenvalue weighted by molar-refractivity contribution is 7.99. The molecule has 15 heavy (non-hydrogen) atoms. The zero-order valence-corrected chi connectivity index (χ0v) is 9.39. The summed E-state index contributed by atoms with van der Waals surface area (Å²) in [6.07, 6.45) is 1.11. The van der Waals surface area contributed by atoms with Crippen LogP contribution in [0.1, 0.15) is 6.42 Å². The van der Waals surface area contributed by atoms with Gasteiger partial charge in [0.25, 0.3) is 0 Å². The third-order valence-electron chi connectivity index (χ3n) is 2.77. The third-order valence-corrected chi connectivity index (χ3v) is 4.02. The summed E-state index contributed by atoms with van der Waals surface area (Å²) in [7, 11) is 0. The predicted octanol–water partition coefficient (Wildman–Crippen LogP) is 1.64. The Hall–Kier alpha value is -0.870. The van der Waals surface area contributed by atoms with Gasteiger partial charge in [0.15, 0.2) is 0 Å². The van der Waals surface area contributed by atoms with E-state index in [1.54, 1.807) is 12.1 Å². The Balaban J connectivity index is 2.09. The molecule has 1 aliphatic rings. The van der Waals surface area contributed by atoms with Crippen LogP contribution in [0.3, 0.4) is 0 Å². The number of anilines is 1. The maximum atomic E-state index is 9.18. The van der Waals surface area contributed by atoms with Gasteiger partial charge in [0.05, 0.1) is 5.54 Å². The van der Waals surface area contributed by atoms with Crippen molar-refractivity contribution in [3.05, 3.63) is 24.3 Å². The SMILES string of the molecule is NCC1(Nc2ccc(O)cc2)CCSC1. The van der Waals surface area contributed by atoms with Gasteiger partial charge in [-0.15, -0.1) is 0 Å². The maximum Gasteiger partial charge on any atom is 0.115 e. The molecule has 1 heterocycles. The van der Waals surface area contributed by atoms with E-state index in [1.807, 2.05) is 23.9 Å². The second-order valence-electron chi connectivity index (χ2n) is 3.96. The molecule has 1 unspecified atom stereocenters. The number of nitrogens with two attached hydrogens (primary N) is 1. The van der Waals surface area contributed by atoms with E-state index in [0.717, 1.165) is 17.9 Å². The van der Waals surface area contributed by atoms with Gasteiger partial charge in [-0.05, 0) is 36.4 Å². The lowest BCUT2D eigenvalue weighted by Gasteiger charge is -2.29. The van der Waals surface area contributed by atoms with Gasteiger partial charge in [0.2, 0.25) is 0 Å². The Labute approximate surface area is 94.1 Å². The van der Waals surface area contributed by atoms with Gasteiger partial charge in [0, 0.05) is 18.0 Å². The molecule has 0 aromatic heterocycles. The molecule has 82 valence electrons. The number of aromatic hydroxyl groups is 1. The second kappa shape index (κ2) is 4.33. The first-order valence-electron chi connectivity index (χ1n) is 5.09. The van der Waals surface area contributed by atoms with Crippen LogP contribution in [0.4, 0.5) is 5.69 Å². The van der Waals surface area contributed by atoms with Crippen LogP contribution in [0.25, 0.3) is 0 Å². The van der Waals surface area contributed by atoms with E-state index in [0.29, 0.717) is 12.3 Å². The summed E-state index contributed by atoms with van der Waals surface area (Å²) in [5.74, 6) is 2.52. The number of hydrogen-bond acceptors (Lipinski definition) is 4. The van der Waals surface area contributed by atoms with Crippen LogP contribution in [0, 0.1) is 0 Å². The first-order chi connectivity index (χ1) is 7.24. The Bertz CT molecular complexity index is 320. The van der Waals surface area contributed by atoms with Gasteiger partial charge in [0.1, 0.15) is 5.75 Å². The fourth-order valence-electron chi connectivity index (χ4n) is 1.77. The number of phenolic OH excluding ortho intramolecular Hbond substituents is 1. The number of nitrogens with one attached hydrogen (secondary N) is 1. The molecule has 4 heteroatoms. The third kappa shape index (κ3) is 2.38. The zero-order valence-electron chi connectivity index (χ0n) is 8.57. The summed E-state index contributed by atoms with van der Waals surface area (Å²) in [4.78, 5) is 0. The summed E-state index contributed by atoms with van der Waals surface area (Å²) in [5.41, 5.74) is 6.89. The average molecular weight is 224 g/mol. The lowest BCUT2D eigenvalue weighted by Crippen LogP contribution is -2.45. The molecule has 1 aromatic carbocycles. The Morgan fingerprint density at radius 2 is 2.13 bits per heavy atom. The van der Waals surface area contributed by atoms with E-state index >= 15 is 0 Å². The molecule has 1 aliphatic heterocycles. The molecule has 1 atom stereocenters. The van der Waals surface area contributed by atoms with Crippen molar-refractivity contribution in [2.45, 2.75) is 12.0 Å². The molecule has 3 nitrogen and oxygen atoms in total. The first kappa shape index (κ1) is 10.6. The number of hydrogen-bond donors (Lipinski definition) is 3. The number of benzene rings is 1. The first-order valence-corrected chi connectivity index (χ1v) is 6.25. The molecule has 0 spiro atoms. The van der Waals surface area contributed by atoms with Crippen LogP contribution in [0.2, 0.25) is 0 Å². The Kier molecular flexibility index (Phi) is 3.07. The number of thioether (sulfide) groups is 1. The van der Waals surface area contributed by atoms with Crippen LogP contribution in [-0.4, -0.2) is 28.7 Å². The fourth-order valence-corrected chi connectivity index (χ4v) is 3.17. The van der Waals surface area contributed by atoms with Crippen LogP contribution in [0.5, 0.6) is 5.75 Å². The minimum atomic E-state index is 0.0433. The lowest BCUT2D eigenvalue weighted by molar-refractivity contribution is 0.475. The fraction of sp³-hybridized carbons (Fsp3) is 0.455. The van der Waals surface area contributed by atoms with Crippen molar-refractivity contribution in [3.8, 4) is 5.75 Å². The molecule has 2 rings (SSSR count). The van der Waals surface area contributed by atoms with Crippen LogP contribution in [-0.2, 0) is 0 Å². The van der Waals surface area contributed by atoms with Gasteiger partial charge >= 0.3 is 0 Å². The van der Waals surface area contributed by atoms with E-state index < -0.39 is 0 Å². The highest BCUT2D eigenvalue weighted by Gasteiger charge is 2.32. The molecule has 1 aromatic rings. The standard InChI is InChI=1S/C11H16N2OS/c12-7-11(5-6-15-8-11)13-9-1-3-10(14)4-2-9/h1-4,13-14H,5-8,12H2. The van der Waals surface area contributed by atoms with E-state index in [2.05, 4.69) is 5.32 Å². The predicted molar refractivity (Wildman–Crippen MR) is 65.5 cm³/mol. The topological polar surface area (TPSA) is 58.3 Å². The van der Waals surface area contributed by atoms with Crippen LogP contribution < -0.4 is 11.1 Å². The summed E-state index contributed by atoms with van der Waals surface area (Å²) >= 11 is 1.94. The minimum Gasteiger partial charge on any atom is -0.508 e. The molecule has 0 amide bonds. The quantitative estimate of drug-likeness (QED) is 0.683. The van der Waals surface area contributed by atoms with Crippen molar-refractivity contribution in [2.75, 3.05) is 23.4 Å². The molecule has 4 N–H and O–H groups in total. The largest absolute Gasteiger partial charge is 0.508 e. The minimum absolute atomic E-state index is 0.0433. The van der Waals surface area contributed by atoms with E-state index in [9.17, 15) is 5.11 Å². The van der Waals surface area contributed by atoms with E-state index in [4.69, 9.17) is 5.73 Å². The molecule has 0 saturated carbocycles. The van der Waals surface area contributed by atoms with Crippen molar-refractivity contribution >= 4 is 17.4 Å². The van der Waals surface area contributed by atoms with Gasteiger partial charge in [-0.25, -0.2) is 0 Å². The summed E-state index contributed by atoms with van der Waals surface area (Å²) in [5, 5.41) is 12.7. The molecule has 0 bridgehead atoms. The molecule has 1 fully saturated rings. The summed E-state index contributed by atoms with van der Waals surface area (Å²) in [6.45, 7) is 0.654. The van der Waals surface area contributed by atoms with Crippen LogP contribution in [0.15, 0.2) is 24.3 Å². The van der Waals surface area contributed by atoms with Crippen LogP contribution >= 0.6 is 11.8 Å². The highest BCUT2D eigenvalue weighted by atomic mass is 32.2. The van der Waals surface area contributed by atoms with Crippen molar-refractivity contribution < 1.29 is 5.11 Å². The van der Waals surface area contributed by atoms with Gasteiger partial charge in [-0.2, -0.15) is 11.8 Å². The maximum absolute atomic E-state index is 9.18. The van der Waals surface area contributed by atoms with Gasteiger partial charge < -0.3 is 16.2 Å². The summed E-state index contributed by atoms with van der Waals surface area (Å²) < 4.78 is 0. The van der Waals surface area contributed by atoms with Gasteiger partial charge in [-0.3, -0.25) is 0 Å². The molecular weight excluding hydrogens is 208 g/mol. The van der Waals surface area contributed by atoms with E-state index in [1.165, 1.54) is 5.75 Å². The Morgan fingerprint density at radius 1 is 1.40 bits per heavy atom. The highest BCUT2D eigenvalue weighted by Crippen LogP contribution is 2.30. The van der Waals surface area contributed by atoms with Crippen molar-refractivity contribution in [1.82, 2.24) is 0 Å². The molecule has 0 radical (unpaired) electrons. The summed E-state index contributed by atoms with van der Waals surface area (Å²) in [6, 6.07) is 7.15. The van der Waals surface area contributed by atoms with Gasteiger partial charge in [-0.1, -0.05) is 0 Å². The Morgan fingerprint density at radius 3 is 2.67 bits per heavy atom. The number of rotatable bonds is 3. The zero-order chi connectivity index (χ0) is 10.7. The van der Waals surface area contributed by atoms with Crippen molar-refractivity contribution in [3.63, 3.8) is 0 Å². The lowest BCUT2D eigenvalue weighted by atomic mass is 9.99. The number of phenols is 1. The smallest absolute Gasteiger partial charge is 0.115 e. The average Bonchev–Trinajstić information content (AvgIpc) is 2.71.